The van der Waals surface area contributed by atoms with Crippen molar-refractivity contribution in [3.8, 4) is 0 Å². The molecule has 1 aromatic rings. The fourth-order valence-electron chi connectivity index (χ4n) is 2.91. The van der Waals surface area contributed by atoms with Gasteiger partial charge in [0.15, 0.2) is 0 Å². The summed E-state index contributed by atoms with van der Waals surface area (Å²) in [5, 5.41) is 13.0. The van der Waals surface area contributed by atoms with Crippen LogP contribution < -0.4 is 16.0 Å². The Hall–Kier alpha value is -1.75. The maximum atomic E-state index is 11.6. The molecule has 5 nitrogen and oxygen atoms in total. The van der Waals surface area contributed by atoms with Gasteiger partial charge in [-0.15, -0.1) is 0 Å². The van der Waals surface area contributed by atoms with Gasteiger partial charge in [-0.05, 0) is 31.0 Å². The molecule has 1 saturated carbocycles. The van der Waals surface area contributed by atoms with Crippen LogP contribution in [0.4, 0.5) is 11.4 Å². The number of carbonyl (C=O) groups is 1. The molecular formula is C15H23N3O2. The highest BCUT2D eigenvalue weighted by Gasteiger charge is 2.32. The Morgan fingerprint density at radius 3 is 2.65 bits per heavy atom. The summed E-state index contributed by atoms with van der Waals surface area (Å²) in [6.07, 6.45) is 3.84. The van der Waals surface area contributed by atoms with Gasteiger partial charge in [0.2, 0.25) is 0 Å². The second-order valence-electron chi connectivity index (χ2n) is 5.64. The van der Waals surface area contributed by atoms with Gasteiger partial charge >= 0.3 is 0 Å². The lowest BCUT2D eigenvalue weighted by Gasteiger charge is -2.30. The molecule has 4 N–H and O–H groups in total. The van der Waals surface area contributed by atoms with Crippen LogP contribution >= 0.6 is 0 Å². The largest absolute Gasteiger partial charge is 0.397 e. The minimum Gasteiger partial charge on any atom is -0.397 e. The van der Waals surface area contributed by atoms with Crippen LogP contribution in [0.5, 0.6) is 0 Å². The van der Waals surface area contributed by atoms with Crippen LogP contribution in [0.2, 0.25) is 0 Å². The van der Waals surface area contributed by atoms with E-state index in [1.54, 1.807) is 19.2 Å². The van der Waals surface area contributed by atoms with Crippen LogP contribution in [-0.4, -0.2) is 37.3 Å². The van der Waals surface area contributed by atoms with Gasteiger partial charge in [0.25, 0.3) is 5.91 Å². The highest BCUT2D eigenvalue weighted by molar-refractivity contribution is 5.96. The van der Waals surface area contributed by atoms with Gasteiger partial charge in [-0.25, -0.2) is 0 Å². The first-order chi connectivity index (χ1) is 9.45. The first kappa shape index (κ1) is 14.7. The number of nitrogens with zero attached hydrogens (tertiary/aromatic N) is 1. The third-order valence-corrected chi connectivity index (χ3v) is 3.99. The van der Waals surface area contributed by atoms with Crippen LogP contribution in [0, 0.1) is 0 Å². The highest BCUT2D eigenvalue weighted by atomic mass is 16.3. The average molecular weight is 277 g/mol. The molecule has 0 atom stereocenters. The number of likely N-dealkylation sites (N-methyl/N-ethyl adjacent to an activating group) is 1. The Morgan fingerprint density at radius 2 is 2.10 bits per heavy atom. The van der Waals surface area contributed by atoms with E-state index in [4.69, 9.17) is 5.73 Å². The van der Waals surface area contributed by atoms with Crippen LogP contribution in [0.1, 0.15) is 36.0 Å². The van der Waals surface area contributed by atoms with Crippen LogP contribution in [-0.2, 0) is 0 Å². The van der Waals surface area contributed by atoms with Gasteiger partial charge in [0.05, 0.1) is 17.0 Å². The zero-order chi connectivity index (χ0) is 14.8. The summed E-state index contributed by atoms with van der Waals surface area (Å²) in [4.78, 5) is 13.5. The second kappa shape index (κ2) is 5.71. The van der Waals surface area contributed by atoms with Crippen molar-refractivity contribution >= 4 is 17.3 Å². The van der Waals surface area contributed by atoms with Gasteiger partial charge in [-0.3, -0.25) is 4.79 Å². The molecule has 0 aromatic heterocycles. The zero-order valence-electron chi connectivity index (χ0n) is 12.1. The lowest BCUT2D eigenvalue weighted by atomic mass is 10.0. The van der Waals surface area contributed by atoms with Gasteiger partial charge in [-0.2, -0.15) is 0 Å². The van der Waals surface area contributed by atoms with Gasteiger partial charge in [0.1, 0.15) is 0 Å². The van der Waals surface area contributed by atoms with E-state index in [0.717, 1.165) is 31.4 Å². The van der Waals surface area contributed by atoms with Gasteiger partial charge in [0, 0.05) is 26.2 Å². The Bertz CT molecular complexity index is 496. The number of aliphatic hydroxyl groups is 1. The SMILES string of the molecule is CNC(=O)c1ccc(N(C)CC2(O)CCCC2)c(N)c1. The van der Waals surface area contributed by atoms with E-state index in [1.807, 2.05) is 18.0 Å². The van der Waals surface area contributed by atoms with Gasteiger partial charge < -0.3 is 21.1 Å². The predicted octanol–water partition coefficient (Wildman–Crippen LogP) is 1.37. The maximum absolute atomic E-state index is 11.6. The van der Waals surface area contributed by atoms with Crippen molar-refractivity contribution in [2.24, 2.45) is 0 Å². The monoisotopic (exact) mass is 277 g/mol. The molecule has 0 unspecified atom stereocenters. The van der Waals surface area contributed by atoms with E-state index < -0.39 is 5.60 Å². The van der Waals surface area contributed by atoms with E-state index in [9.17, 15) is 9.90 Å². The third-order valence-electron chi connectivity index (χ3n) is 3.99. The molecule has 0 aliphatic heterocycles. The molecule has 1 aliphatic rings. The van der Waals surface area contributed by atoms with Crippen molar-refractivity contribution in [1.82, 2.24) is 5.32 Å². The number of rotatable bonds is 4. The molecule has 2 rings (SSSR count). The van der Waals surface area contributed by atoms with Gasteiger partial charge in [-0.1, -0.05) is 12.8 Å². The Kier molecular flexibility index (Phi) is 4.18. The summed E-state index contributed by atoms with van der Waals surface area (Å²) in [6.45, 7) is 0.566. The summed E-state index contributed by atoms with van der Waals surface area (Å²) < 4.78 is 0. The lowest BCUT2D eigenvalue weighted by molar-refractivity contribution is 0.0559. The molecule has 0 bridgehead atoms. The third kappa shape index (κ3) is 3.04. The zero-order valence-corrected chi connectivity index (χ0v) is 12.1. The van der Waals surface area contributed by atoms with Crippen molar-refractivity contribution in [2.45, 2.75) is 31.3 Å². The molecule has 0 spiro atoms. The summed E-state index contributed by atoms with van der Waals surface area (Å²) in [5.41, 5.74) is 7.36. The first-order valence-electron chi connectivity index (χ1n) is 7.00. The lowest BCUT2D eigenvalue weighted by Crippen LogP contribution is -2.39. The Morgan fingerprint density at radius 1 is 1.45 bits per heavy atom. The van der Waals surface area contributed by atoms with E-state index in [0.29, 0.717) is 17.8 Å². The average Bonchev–Trinajstić information content (AvgIpc) is 2.83. The van der Waals surface area contributed by atoms with E-state index in [2.05, 4.69) is 5.32 Å². The molecule has 0 heterocycles. The minimum atomic E-state index is -0.610. The number of hydrogen-bond donors (Lipinski definition) is 3. The molecule has 110 valence electrons. The maximum Gasteiger partial charge on any atom is 0.251 e. The molecule has 1 aliphatic carbocycles. The number of amides is 1. The number of carbonyl (C=O) groups excluding carboxylic acids is 1. The standard InChI is InChI=1S/C15H23N3O2/c1-17-14(19)11-5-6-13(12(16)9-11)18(2)10-15(20)7-3-4-8-15/h5-6,9,20H,3-4,7-8,10,16H2,1-2H3,(H,17,19). The summed E-state index contributed by atoms with van der Waals surface area (Å²) in [7, 11) is 3.51. The number of nitrogen functional groups attached to an aromatic ring is 1. The Labute approximate surface area is 119 Å². The van der Waals surface area contributed by atoms with Crippen LogP contribution in [0.25, 0.3) is 0 Å². The summed E-state index contributed by atoms with van der Waals surface area (Å²) in [5.74, 6) is -0.152. The molecule has 5 heteroatoms. The van der Waals surface area contributed by atoms with Crippen molar-refractivity contribution < 1.29 is 9.90 Å². The first-order valence-corrected chi connectivity index (χ1v) is 7.00. The van der Waals surface area contributed by atoms with Crippen LogP contribution in [0.15, 0.2) is 18.2 Å². The minimum absolute atomic E-state index is 0.152. The highest BCUT2D eigenvalue weighted by Crippen LogP contribution is 2.32. The van der Waals surface area contributed by atoms with Crippen molar-refractivity contribution in [1.29, 1.82) is 0 Å². The predicted molar refractivity (Wildman–Crippen MR) is 80.9 cm³/mol. The molecule has 1 fully saturated rings. The molecular weight excluding hydrogens is 254 g/mol. The summed E-state index contributed by atoms with van der Waals surface area (Å²) in [6, 6.07) is 5.25. The normalized spacial score (nSPS) is 16.9. The van der Waals surface area contributed by atoms with E-state index in [-0.39, 0.29) is 5.91 Å². The van der Waals surface area contributed by atoms with E-state index in [1.165, 1.54) is 0 Å². The molecule has 1 amide bonds. The smallest absolute Gasteiger partial charge is 0.251 e. The van der Waals surface area contributed by atoms with Crippen molar-refractivity contribution in [3.63, 3.8) is 0 Å². The van der Waals surface area contributed by atoms with Crippen molar-refractivity contribution in [2.75, 3.05) is 31.3 Å². The van der Waals surface area contributed by atoms with Crippen LogP contribution in [0.3, 0.4) is 0 Å². The Balaban J connectivity index is 2.14. The fraction of sp³-hybridized carbons (Fsp3) is 0.533. The topological polar surface area (TPSA) is 78.6 Å². The fourth-order valence-corrected chi connectivity index (χ4v) is 2.91. The van der Waals surface area contributed by atoms with Crippen molar-refractivity contribution in [3.05, 3.63) is 23.8 Å². The van der Waals surface area contributed by atoms with E-state index >= 15 is 0 Å². The number of hydrogen-bond acceptors (Lipinski definition) is 4. The molecule has 1 aromatic carbocycles. The molecule has 20 heavy (non-hydrogen) atoms. The second-order valence-corrected chi connectivity index (χ2v) is 5.64. The molecule has 0 saturated heterocycles. The number of benzene rings is 1. The number of anilines is 2. The number of nitrogens with one attached hydrogen (secondary N) is 1. The molecule has 0 radical (unpaired) electrons. The summed E-state index contributed by atoms with van der Waals surface area (Å²) >= 11 is 0. The number of nitrogens with two attached hydrogens (primary N) is 1. The quantitative estimate of drug-likeness (QED) is 0.726.